The van der Waals surface area contributed by atoms with Crippen molar-refractivity contribution in [1.82, 2.24) is 0 Å². The van der Waals surface area contributed by atoms with E-state index in [1.165, 1.54) is 12.1 Å². The molecule has 0 amide bonds. The molecule has 0 spiro atoms. The first kappa shape index (κ1) is 9.84. The second kappa shape index (κ2) is 3.24. The monoisotopic (exact) mass is 184 g/mol. The summed E-state index contributed by atoms with van der Waals surface area (Å²) in [7, 11) is 0. The molecule has 0 aromatic heterocycles. The molecule has 3 heteroatoms. The van der Waals surface area contributed by atoms with Gasteiger partial charge in [0, 0.05) is 12.5 Å². The van der Waals surface area contributed by atoms with Crippen LogP contribution in [0.15, 0.2) is 24.3 Å². The molecule has 0 aliphatic heterocycles. The van der Waals surface area contributed by atoms with Crippen LogP contribution >= 0.6 is 0 Å². The Balaban J connectivity index is 3.08. The third-order valence-electron chi connectivity index (χ3n) is 1.86. The van der Waals surface area contributed by atoms with Crippen LogP contribution in [0.5, 0.6) is 0 Å². The first-order valence-corrected chi connectivity index (χ1v) is 3.90. The second-order valence-corrected chi connectivity index (χ2v) is 3.00. The van der Waals surface area contributed by atoms with Gasteiger partial charge in [0.2, 0.25) is 5.78 Å². The molecule has 70 valence electrons. The fourth-order valence-corrected chi connectivity index (χ4v) is 0.966. The Kier molecular flexibility index (Phi) is 2.45. The molecule has 1 aromatic carbocycles. The van der Waals surface area contributed by atoms with Crippen LogP contribution in [0.4, 0.5) is 8.78 Å². The summed E-state index contributed by atoms with van der Waals surface area (Å²) in [6.07, 6.45) is 0. The minimum atomic E-state index is -3.35. The van der Waals surface area contributed by atoms with Crippen molar-refractivity contribution in [3.63, 3.8) is 0 Å². The van der Waals surface area contributed by atoms with E-state index in [2.05, 4.69) is 0 Å². The smallest absolute Gasteiger partial charge is 0.293 e. The number of hydrogen-bond acceptors (Lipinski definition) is 1. The Morgan fingerprint density at radius 3 is 2.08 bits per heavy atom. The van der Waals surface area contributed by atoms with Crippen LogP contribution in [0.2, 0.25) is 0 Å². The summed E-state index contributed by atoms with van der Waals surface area (Å²) in [5.41, 5.74) is 0.647. The van der Waals surface area contributed by atoms with E-state index < -0.39 is 11.7 Å². The molecule has 0 atom stereocenters. The van der Waals surface area contributed by atoms with Crippen molar-refractivity contribution >= 4 is 5.78 Å². The standard InChI is InChI=1S/C10H10F2O/c1-7-3-5-9(6-4-7)10(11,12)8(2)13/h3-6H,1-2H3. The zero-order valence-corrected chi connectivity index (χ0v) is 7.47. The first-order chi connectivity index (χ1) is 5.94. The molecular weight excluding hydrogens is 174 g/mol. The summed E-state index contributed by atoms with van der Waals surface area (Å²) in [4.78, 5) is 10.6. The number of halogens is 2. The van der Waals surface area contributed by atoms with Gasteiger partial charge in [0.15, 0.2) is 0 Å². The number of carbonyl (C=O) groups excluding carboxylic acids is 1. The van der Waals surface area contributed by atoms with E-state index >= 15 is 0 Å². The number of alkyl halides is 2. The number of Topliss-reactive ketones (excluding diaryl/α,β-unsaturated/α-hetero) is 1. The average molecular weight is 184 g/mol. The minimum Gasteiger partial charge on any atom is -0.293 e. The van der Waals surface area contributed by atoms with Gasteiger partial charge in [0.25, 0.3) is 0 Å². The lowest BCUT2D eigenvalue weighted by Crippen LogP contribution is -2.22. The molecule has 1 aromatic rings. The zero-order chi connectivity index (χ0) is 10.1. The highest BCUT2D eigenvalue weighted by molar-refractivity contribution is 5.84. The first-order valence-electron chi connectivity index (χ1n) is 3.90. The molecule has 0 unspecified atom stereocenters. The molecule has 0 fully saturated rings. The second-order valence-electron chi connectivity index (χ2n) is 3.00. The van der Waals surface area contributed by atoms with Crippen molar-refractivity contribution in [2.45, 2.75) is 19.8 Å². The normalized spacial score (nSPS) is 11.4. The number of aryl methyl sites for hydroxylation is 1. The topological polar surface area (TPSA) is 17.1 Å². The Bertz CT molecular complexity index is 314. The third-order valence-corrected chi connectivity index (χ3v) is 1.86. The van der Waals surface area contributed by atoms with Gasteiger partial charge in [0.1, 0.15) is 0 Å². The van der Waals surface area contributed by atoms with Gasteiger partial charge in [-0.25, -0.2) is 0 Å². The summed E-state index contributed by atoms with van der Waals surface area (Å²) in [6, 6.07) is 5.67. The summed E-state index contributed by atoms with van der Waals surface area (Å²) in [5.74, 6) is -4.48. The maximum absolute atomic E-state index is 13.1. The van der Waals surface area contributed by atoms with Gasteiger partial charge in [-0.05, 0) is 6.92 Å². The van der Waals surface area contributed by atoms with E-state index in [-0.39, 0.29) is 5.56 Å². The van der Waals surface area contributed by atoms with Gasteiger partial charge in [-0.15, -0.1) is 0 Å². The van der Waals surface area contributed by atoms with Gasteiger partial charge in [0.05, 0.1) is 0 Å². The number of carbonyl (C=O) groups is 1. The van der Waals surface area contributed by atoms with E-state index in [4.69, 9.17) is 0 Å². The summed E-state index contributed by atoms with van der Waals surface area (Å²) in [6.45, 7) is 2.69. The fraction of sp³-hybridized carbons (Fsp3) is 0.300. The molecule has 0 N–H and O–H groups in total. The van der Waals surface area contributed by atoms with Crippen LogP contribution in [0.25, 0.3) is 0 Å². The molecule has 0 saturated carbocycles. The zero-order valence-electron chi connectivity index (χ0n) is 7.47. The van der Waals surface area contributed by atoms with Crippen LogP contribution in [-0.4, -0.2) is 5.78 Å². The van der Waals surface area contributed by atoms with E-state index in [0.717, 1.165) is 12.5 Å². The van der Waals surface area contributed by atoms with Gasteiger partial charge in [-0.2, -0.15) is 8.78 Å². The molecule has 13 heavy (non-hydrogen) atoms. The highest BCUT2D eigenvalue weighted by Gasteiger charge is 2.36. The van der Waals surface area contributed by atoms with Crippen molar-refractivity contribution in [2.24, 2.45) is 0 Å². The predicted octanol–water partition coefficient (Wildman–Crippen LogP) is 2.68. The quantitative estimate of drug-likeness (QED) is 0.690. The Morgan fingerprint density at radius 1 is 1.23 bits per heavy atom. The van der Waals surface area contributed by atoms with Crippen molar-refractivity contribution in [3.8, 4) is 0 Å². The van der Waals surface area contributed by atoms with Crippen LogP contribution in [-0.2, 0) is 10.7 Å². The maximum atomic E-state index is 13.1. The molecule has 0 aliphatic rings. The van der Waals surface area contributed by atoms with Crippen molar-refractivity contribution in [2.75, 3.05) is 0 Å². The summed E-state index contributed by atoms with van der Waals surface area (Å²) in [5, 5.41) is 0. The molecule has 0 saturated heterocycles. The van der Waals surface area contributed by atoms with E-state index in [9.17, 15) is 13.6 Å². The lowest BCUT2D eigenvalue weighted by Gasteiger charge is -2.12. The van der Waals surface area contributed by atoms with Crippen LogP contribution < -0.4 is 0 Å². The van der Waals surface area contributed by atoms with E-state index in [1.807, 2.05) is 0 Å². The van der Waals surface area contributed by atoms with E-state index in [0.29, 0.717) is 0 Å². The highest BCUT2D eigenvalue weighted by atomic mass is 19.3. The minimum absolute atomic E-state index is 0.245. The Morgan fingerprint density at radius 2 is 1.69 bits per heavy atom. The number of benzene rings is 1. The molecule has 1 rings (SSSR count). The molecule has 0 radical (unpaired) electrons. The van der Waals surface area contributed by atoms with Crippen molar-refractivity contribution in [3.05, 3.63) is 35.4 Å². The van der Waals surface area contributed by atoms with Gasteiger partial charge in [-0.3, -0.25) is 4.79 Å². The molecule has 0 bridgehead atoms. The van der Waals surface area contributed by atoms with Gasteiger partial charge in [-0.1, -0.05) is 29.8 Å². The van der Waals surface area contributed by atoms with Crippen LogP contribution in [0.3, 0.4) is 0 Å². The van der Waals surface area contributed by atoms with Gasteiger partial charge < -0.3 is 0 Å². The Hall–Kier alpha value is -1.25. The molecule has 1 nitrogen and oxygen atoms in total. The lowest BCUT2D eigenvalue weighted by atomic mass is 10.0. The largest absolute Gasteiger partial charge is 0.330 e. The summed E-state index contributed by atoms with van der Waals surface area (Å²) < 4.78 is 26.1. The SMILES string of the molecule is CC(=O)C(F)(F)c1ccc(C)cc1. The van der Waals surface area contributed by atoms with Crippen molar-refractivity contribution in [1.29, 1.82) is 0 Å². The Labute approximate surface area is 75.4 Å². The number of hydrogen-bond donors (Lipinski definition) is 0. The summed E-state index contributed by atoms with van der Waals surface area (Å²) >= 11 is 0. The van der Waals surface area contributed by atoms with E-state index in [1.54, 1.807) is 19.1 Å². The molecule has 0 aliphatic carbocycles. The third kappa shape index (κ3) is 1.91. The average Bonchev–Trinajstić information content (AvgIpc) is 2.04. The van der Waals surface area contributed by atoms with Crippen LogP contribution in [0, 0.1) is 6.92 Å². The van der Waals surface area contributed by atoms with Crippen molar-refractivity contribution < 1.29 is 13.6 Å². The predicted molar refractivity (Wildman–Crippen MR) is 45.8 cm³/mol. The number of rotatable bonds is 2. The number of ketones is 1. The molecule has 0 heterocycles. The van der Waals surface area contributed by atoms with Gasteiger partial charge >= 0.3 is 5.92 Å². The fourth-order valence-electron chi connectivity index (χ4n) is 0.966. The highest BCUT2D eigenvalue weighted by Crippen LogP contribution is 2.28. The lowest BCUT2D eigenvalue weighted by molar-refractivity contribution is -0.141. The molecular formula is C10H10F2O. The maximum Gasteiger partial charge on any atom is 0.330 e. The van der Waals surface area contributed by atoms with Crippen LogP contribution in [0.1, 0.15) is 18.1 Å².